The van der Waals surface area contributed by atoms with Gasteiger partial charge < -0.3 is 15.8 Å². The number of nitrogen functional groups attached to an aromatic ring is 1. The monoisotopic (exact) mass is 284 g/mol. The van der Waals surface area contributed by atoms with E-state index >= 15 is 0 Å². The third-order valence-electron chi connectivity index (χ3n) is 3.28. The van der Waals surface area contributed by atoms with Crippen molar-refractivity contribution >= 4 is 17.3 Å². The smallest absolute Gasteiger partial charge is 0.259 e. The van der Waals surface area contributed by atoms with Gasteiger partial charge in [0.25, 0.3) is 5.91 Å². The number of methoxy groups -OCH3 is 1. The minimum Gasteiger partial charge on any atom is -0.496 e. The molecule has 0 saturated heterocycles. The lowest BCUT2D eigenvalue weighted by Gasteiger charge is -2.13. The zero-order chi connectivity index (χ0) is 15.4. The number of amides is 1. The van der Waals surface area contributed by atoms with Crippen LogP contribution in [0.25, 0.3) is 0 Å². The second-order valence-electron chi connectivity index (χ2n) is 5.19. The van der Waals surface area contributed by atoms with E-state index in [1.54, 1.807) is 31.4 Å². The van der Waals surface area contributed by atoms with Crippen molar-refractivity contribution in [3.05, 3.63) is 53.6 Å². The van der Waals surface area contributed by atoms with Gasteiger partial charge in [0, 0.05) is 11.4 Å². The summed E-state index contributed by atoms with van der Waals surface area (Å²) in [7, 11) is 1.56. The van der Waals surface area contributed by atoms with Crippen molar-refractivity contribution < 1.29 is 9.53 Å². The summed E-state index contributed by atoms with van der Waals surface area (Å²) in [5.74, 6) is 0.690. The summed E-state index contributed by atoms with van der Waals surface area (Å²) < 4.78 is 5.28. The van der Waals surface area contributed by atoms with E-state index in [-0.39, 0.29) is 5.91 Å². The van der Waals surface area contributed by atoms with Gasteiger partial charge in [0.05, 0.1) is 12.7 Å². The maximum atomic E-state index is 12.4. The van der Waals surface area contributed by atoms with Crippen molar-refractivity contribution in [2.45, 2.75) is 19.8 Å². The number of hydrogen-bond acceptors (Lipinski definition) is 3. The molecule has 0 aliphatic heterocycles. The molecule has 0 radical (unpaired) electrons. The molecule has 0 unspecified atom stereocenters. The van der Waals surface area contributed by atoms with Crippen LogP contribution in [0.1, 0.15) is 35.7 Å². The molecule has 0 aliphatic rings. The fourth-order valence-electron chi connectivity index (χ4n) is 2.08. The van der Waals surface area contributed by atoms with Crippen LogP contribution < -0.4 is 15.8 Å². The summed E-state index contributed by atoms with van der Waals surface area (Å²) in [6.45, 7) is 4.17. The Morgan fingerprint density at radius 3 is 2.57 bits per heavy atom. The standard InChI is InChI=1S/C17H20N2O2/c1-11(2)12-7-8-16(21-3)15(9-12)17(20)19-14-6-4-5-13(18)10-14/h4-11H,18H2,1-3H3,(H,19,20). The van der Waals surface area contributed by atoms with Crippen molar-refractivity contribution in [2.75, 3.05) is 18.2 Å². The van der Waals surface area contributed by atoms with Gasteiger partial charge in [-0.1, -0.05) is 26.0 Å². The van der Waals surface area contributed by atoms with E-state index < -0.39 is 0 Å². The summed E-state index contributed by atoms with van der Waals surface area (Å²) >= 11 is 0. The molecule has 1 amide bonds. The van der Waals surface area contributed by atoms with Gasteiger partial charge in [0.1, 0.15) is 5.75 Å². The number of benzene rings is 2. The Morgan fingerprint density at radius 2 is 1.95 bits per heavy atom. The largest absolute Gasteiger partial charge is 0.496 e. The lowest BCUT2D eigenvalue weighted by Crippen LogP contribution is -2.14. The zero-order valence-electron chi connectivity index (χ0n) is 12.5. The molecule has 2 rings (SSSR count). The number of carbonyl (C=O) groups is 1. The average molecular weight is 284 g/mol. The number of rotatable bonds is 4. The van der Waals surface area contributed by atoms with E-state index in [4.69, 9.17) is 10.5 Å². The van der Waals surface area contributed by atoms with Crippen LogP contribution >= 0.6 is 0 Å². The molecule has 0 spiro atoms. The lowest BCUT2D eigenvalue weighted by molar-refractivity contribution is 0.102. The van der Waals surface area contributed by atoms with Gasteiger partial charge in [0.15, 0.2) is 0 Å². The van der Waals surface area contributed by atoms with E-state index in [0.29, 0.717) is 28.6 Å². The second kappa shape index (κ2) is 6.31. The van der Waals surface area contributed by atoms with E-state index in [1.165, 1.54) is 0 Å². The highest BCUT2D eigenvalue weighted by atomic mass is 16.5. The molecule has 0 aromatic heterocycles. The number of nitrogens with one attached hydrogen (secondary N) is 1. The van der Waals surface area contributed by atoms with Gasteiger partial charge >= 0.3 is 0 Å². The maximum Gasteiger partial charge on any atom is 0.259 e. The van der Waals surface area contributed by atoms with Gasteiger partial charge in [-0.15, -0.1) is 0 Å². The summed E-state index contributed by atoms with van der Waals surface area (Å²) in [6, 6.07) is 12.8. The average Bonchev–Trinajstić information content (AvgIpc) is 2.46. The zero-order valence-corrected chi connectivity index (χ0v) is 12.5. The quantitative estimate of drug-likeness (QED) is 0.842. The van der Waals surface area contributed by atoms with Crippen molar-refractivity contribution in [2.24, 2.45) is 0 Å². The number of ether oxygens (including phenoxy) is 1. The van der Waals surface area contributed by atoms with E-state index in [2.05, 4.69) is 19.2 Å². The molecular weight excluding hydrogens is 264 g/mol. The van der Waals surface area contributed by atoms with E-state index in [1.807, 2.05) is 18.2 Å². The first-order valence-corrected chi connectivity index (χ1v) is 6.86. The third kappa shape index (κ3) is 3.54. The second-order valence-corrected chi connectivity index (χ2v) is 5.19. The van der Waals surface area contributed by atoms with Gasteiger partial charge in [0.2, 0.25) is 0 Å². The Kier molecular flexibility index (Phi) is 4.48. The number of anilines is 2. The highest BCUT2D eigenvalue weighted by Crippen LogP contribution is 2.25. The summed E-state index contributed by atoms with van der Waals surface area (Å²) in [4.78, 5) is 12.4. The van der Waals surface area contributed by atoms with E-state index in [9.17, 15) is 4.79 Å². The maximum absolute atomic E-state index is 12.4. The van der Waals surface area contributed by atoms with Gasteiger partial charge in [-0.2, -0.15) is 0 Å². The fourth-order valence-corrected chi connectivity index (χ4v) is 2.08. The molecule has 2 aromatic carbocycles. The van der Waals surface area contributed by atoms with Crippen LogP contribution in [-0.2, 0) is 0 Å². The Morgan fingerprint density at radius 1 is 1.19 bits per heavy atom. The number of hydrogen-bond donors (Lipinski definition) is 2. The van der Waals surface area contributed by atoms with Crippen LogP contribution in [0.15, 0.2) is 42.5 Å². The van der Waals surface area contributed by atoms with Crippen molar-refractivity contribution in [3.8, 4) is 5.75 Å². The van der Waals surface area contributed by atoms with Crippen LogP contribution in [0.3, 0.4) is 0 Å². The molecule has 0 aliphatic carbocycles. The molecule has 0 atom stereocenters. The minimum absolute atomic E-state index is 0.208. The molecule has 3 N–H and O–H groups in total. The summed E-state index contributed by atoms with van der Waals surface area (Å²) in [5.41, 5.74) is 8.60. The molecule has 4 nitrogen and oxygen atoms in total. The van der Waals surface area contributed by atoms with Crippen LogP contribution in [-0.4, -0.2) is 13.0 Å². The van der Waals surface area contributed by atoms with Crippen LogP contribution in [0, 0.1) is 0 Å². The lowest BCUT2D eigenvalue weighted by atomic mass is 10.00. The Hall–Kier alpha value is -2.49. The van der Waals surface area contributed by atoms with Gasteiger partial charge in [-0.25, -0.2) is 0 Å². The third-order valence-corrected chi connectivity index (χ3v) is 3.28. The number of nitrogens with two attached hydrogens (primary N) is 1. The molecule has 0 heterocycles. The topological polar surface area (TPSA) is 64.3 Å². The van der Waals surface area contributed by atoms with Crippen molar-refractivity contribution in [1.29, 1.82) is 0 Å². The molecule has 0 bridgehead atoms. The molecule has 110 valence electrons. The van der Waals surface area contributed by atoms with Crippen LogP contribution in [0.2, 0.25) is 0 Å². The predicted octanol–water partition coefficient (Wildman–Crippen LogP) is 3.65. The fraction of sp³-hybridized carbons (Fsp3) is 0.235. The SMILES string of the molecule is COc1ccc(C(C)C)cc1C(=O)Nc1cccc(N)c1. The predicted molar refractivity (Wildman–Crippen MR) is 85.9 cm³/mol. The minimum atomic E-state index is -0.208. The highest BCUT2D eigenvalue weighted by molar-refractivity contribution is 6.06. The highest BCUT2D eigenvalue weighted by Gasteiger charge is 2.14. The summed E-state index contributed by atoms with van der Waals surface area (Å²) in [6.07, 6.45) is 0. The number of carbonyl (C=O) groups excluding carboxylic acids is 1. The van der Waals surface area contributed by atoms with E-state index in [0.717, 1.165) is 5.56 Å². The van der Waals surface area contributed by atoms with Crippen LogP contribution in [0.5, 0.6) is 5.75 Å². The Balaban J connectivity index is 2.31. The Bertz CT molecular complexity index is 651. The van der Waals surface area contributed by atoms with Gasteiger partial charge in [-0.05, 0) is 41.8 Å². The molecule has 0 saturated carbocycles. The Labute approximate surface area is 124 Å². The van der Waals surface area contributed by atoms with Crippen molar-refractivity contribution in [1.82, 2.24) is 0 Å². The summed E-state index contributed by atoms with van der Waals surface area (Å²) in [5, 5.41) is 2.84. The molecule has 21 heavy (non-hydrogen) atoms. The first-order chi connectivity index (χ1) is 10.0. The molecular formula is C17H20N2O2. The van der Waals surface area contributed by atoms with Crippen molar-refractivity contribution in [3.63, 3.8) is 0 Å². The van der Waals surface area contributed by atoms with Crippen LogP contribution in [0.4, 0.5) is 11.4 Å². The molecule has 4 heteroatoms. The normalized spacial score (nSPS) is 10.5. The molecule has 2 aromatic rings. The van der Waals surface area contributed by atoms with Gasteiger partial charge in [-0.3, -0.25) is 4.79 Å². The molecule has 0 fully saturated rings. The first-order valence-electron chi connectivity index (χ1n) is 6.86. The first kappa shape index (κ1) is 14.9.